The lowest BCUT2D eigenvalue weighted by Gasteiger charge is -2.51. The highest BCUT2D eigenvalue weighted by Crippen LogP contribution is 2.58. The largest absolute Gasteiger partial charge is 0.504 e. The third kappa shape index (κ3) is 1.85. The molecule has 4 unspecified atom stereocenters. The number of carbonyl (C=O) groups is 1. The number of aliphatic hydroxyl groups is 1. The maximum atomic E-state index is 12.4. The molecular formula is C19H23NO4. The third-order valence-electron chi connectivity index (χ3n) is 6.52. The van der Waals surface area contributed by atoms with E-state index in [2.05, 4.69) is 11.9 Å². The van der Waals surface area contributed by atoms with E-state index in [1.54, 1.807) is 6.07 Å². The monoisotopic (exact) mass is 329 g/mol. The van der Waals surface area contributed by atoms with Gasteiger partial charge in [0, 0.05) is 24.6 Å². The fraction of sp³-hybridized carbons (Fsp3) is 0.632. The number of carbonyl (C=O) groups excluding carboxylic acids is 1. The molecule has 5 heteroatoms. The number of phenolic OH excluding ortho intramolecular Hbond substituents is 1. The quantitative estimate of drug-likeness (QED) is 0.881. The van der Waals surface area contributed by atoms with Crippen molar-refractivity contribution in [1.29, 1.82) is 0 Å². The minimum Gasteiger partial charge on any atom is -0.504 e. The number of benzene rings is 1. The fourth-order valence-electron chi connectivity index (χ4n) is 5.13. The van der Waals surface area contributed by atoms with Crippen LogP contribution < -0.4 is 4.74 Å². The average molecular weight is 329 g/mol. The van der Waals surface area contributed by atoms with Crippen LogP contribution in [0.25, 0.3) is 0 Å². The van der Waals surface area contributed by atoms with Gasteiger partial charge in [-0.05, 0) is 50.3 Å². The topological polar surface area (TPSA) is 70.0 Å². The van der Waals surface area contributed by atoms with Crippen LogP contribution in [0.2, 0.25) is 0 Å². The summed E-state index contributed by atoms with van der Waals surface area (Å²) >= 11 is 0. The number of ether oxygens (including phenoxy) is 1. The first-order valence-corrected chi connectivity index (χ1v) is 8.96. The molecule has 0 amide bonds. The highest BCUT2D eigenvalue weighted by atomic mass is 16.5. The number of hydrogen-bond donors (Lipinski definition) is 2. The lowest BCUT2D eigenvalue weighted by atomic mass is 9.61. The lowest BCUT2D eigenvalue weighted by molar-refractivity contribution is -0.146. The highest BCUT2D eigenvalue weighted by Gasteiger charge is 2.61. The number of ketones is 1. The molecule has 0 saturated heterocycles. The normalized spacial score (nSPS) is 36.6. The molecule has 4 aliphatic rings. The number of rotatable bonds is 3. The van der Waals surface area contributed by atoms with Crippen LogP contribution in [0.3, 0.4) is 0 Å². The van der Waals surface area contributed by atoms with Crippen LogP contribution in [-0.2, 0) is 11.2 Å². The SMILES string of the molecule is CN(CC1CC1)C1Cc2ccc(O)c3c2C2C(O3)C(=O)CCC21O. The Labute approximate surface area is 141 Å². The first kappa shape index (κ1) is 14.7. The molecule has 1 aromatic carbocycles. The van der Waals surface area contributed by atoms with Gasteiger partial charge in [0.2, 0.25) is 0 Å². The van der Waals surface area contributed by atoms with Gasteiger partial charge in [0.25, 0.3) is 0 Å². The summed E-state index contributed by atoms with van der Waals surface area (Å²) in [6, 6.07) is 3.57. The van der Waals surface area contributed by atoms with Gasteiger partial charge < -0.3 is 14.9 Å². The van der Waals surface area contributed by atoms with Crippen molar-refractivity contribution in [2.75, 3.05) is 13.6 Å². The molecule has 2 N–H and O–H groups in total. The number of phenols is 1. The van der Waals surface area contributed by atoms with Crippen LogP contribution >= 0.6 is 0 Å². The summed E-state index contributed by atoms with van der Waals surface area (Å²) in [6.07, 6.45) is 3.46. The van der Waals surface area contributed by atoms with E-state index in [0.717, 1.165) is 30.0 Å². The smallest absolute Gasteiger partial charge is 0.174 e. The molecule has 5 rings (SSSR count). The van der Waals surface area contributed by atoms with Crippen LogP contribution in [-0.4, -0.2) is 52.2 Å². The molecule has 1 aromatic rings. The molecule has 2 saturated carbocycles. The van der Waals surface area contributed by atoms with Crippen LogP contribution in [0.15, 0.2) is 12.1 Å². The summed E-state index contributed by atoms with van der Waals surface area (Å²) in [7, 11) is 2.09. The Hall–Kier alpha value is -1.59. The third-order valence-corrected chi connectivity index (χ3v) is 6.52. The Balaban J connectivity index is 1.62. The average Bonchev–Trinajstić information content (AvgIpc) is 3.25. The van der Waals surface area contributed by atoms with Gasteiger partial charge in [-0.3, -0.25) is 9.69 Å². The van der Waals surface area contributed by atoms with E-state index in [1.165, 1.54) is 12.8 Å². The van der Waals surface area contributed by atoms with Crippen LogP contribution in [0, 0.1) is 5.92 Å². The summed E-state index contributed by atoms with van der Waals surface area (Å²) in [5.74, 6) is 0.923. The molecule has 4 atom stereocenters. The molecule has 128 valence electrons. The van der Waals surface area contributed by atoms with Gasteiger partial charge >= 0.3 is 0 Å². The van der Waals surface area contributed by atoms with E-state index in [0.29, 0.717) is 18.6 Å². The Morgan fingerprint density at radius 3 is 2.92 bits per heavy atom. The molecular weight excluding hydrogens is 306 g/mol. The Kier molecular flexibility index (Phi) is 2.90. The standard InChI is InChI=1S/C19H23NO4/c1-20(9-10-2-3-10)14-8-11-4-5-12(21)17-15(11)16-18(24-17)13(22)6-7-19(14,16)23/h4-5,10,14,16,18,21,23H,2-3,6-9H2,1H3. The van der Waals surface area contributed by atoms with E-state index < -0.39 is 11.7 Å². The van der Waals surface area contributed by atoms with Gasteiger partial charge in [0.1, 0.15) is 0 Å². The van der Waals surface area contributed by atoms with Gasteiger partial charge in [0.15, 0.2) is 23.4 Å². The lowest BCUT2D eigenvalue weighted by Crippen LogP contribution is -2.63. The summed E-state index contributed by atoms with van der Waals surface area (Å²) in [5.41, 5.74) is 1.00. The fourth-order valence-corrected chi connectivity index (χ4v) is 5.13. The van der Waals surface area contributed by atoms with Crippen LogP contribution in [0.5, 0.6) is 11.5 Å². The van der Waals surface area contributed by atoms with Crippen molar-refractivity contribution in [3.05, 3.63) is 23.3 Å². The second kappa shape index (κ2) is 4.73. The van der Waals surface area contributed by atoms with Crippen molar-refractivity contribution < 1.29 is 19.7 Å². The Morgan fingerprint density at radius 2 is 2.17 bits per heavy atom. The second-order valence-corrected chi connectivity index (χ2v) is 8.06. The van der Waals surface area contributed by atoms with Gasteiger partial charge in [-0.1, -0.05) is 6.07 Å². The number of likely N-dealkylation sites (N-methyl/N-ethyl adjacent to an activating group) is 1. The number of hydrogen-bond acceptors (Lipinski definition) is 5. The van der Waals surface area contributed by atoms with Crippen molar-refractivity contribution in [2.24, 2.45) is 5.92 Å². The molecule has 3 aliphatic carbocycles. The first-order valence-electron chi connectivity index (χ1n) is 8.96. The van der Waals surface area contributed by atoms with Gasteiger partial charge in [0.05, 0.1) is 11.5 Å². The molecule has 0 bridgehead atoms. The summed E-state index contributed by atoms with van der Waals surface area (Å²) < 4.78 is 5.85. The van der Waals surface area contributed by atoms with Gasteiger partial charge in [-0.2, -0.15) is 0 Å². The zero-order valence-electron chi connectivity index (χ0n) is 13.9. The molecule has 1 aliphatic heterocycles. The second-order valence-electron chi connectivity index (χ2n) is 8.06. The maximum absolute atomic E-state index is 12.4. The highest BCUT2D eigenvalue weighted by molar-refractivity contribution is 5.88. The summed E-state index contributed by atoms with van der Waals surface area (Å²) in [6.45, 7) is 0.999. The predicted molar refractivity (Wildman–Crippen MR) is 87.3 cm³/mol. The van der Waals surface area contributed by atoms with Crippen LogP contribution in [0.1, 0.15) is 42.7 Å². The van der Waals surface area contributed by atoms with E-state index in [-0.39, 0.29) is 23.5 Å². The number of nitrogens with zero attached hydrogens (tertiary/aromatic N) is 1. The van der Waals surface area contributed by atoms with Crippen molar-refractivity contribution in [3.8, 4) is 11.5 Å². The first-order chi connectivity index (χ1) is 11.5. The van der Waals surface area contributed by atoms with Crippen molar-refractivity contribution in [2.45, 2.75) is 55.8 Å². The Morgan fingerprint density at radius 1 is 1.38 bits per heavy atom. The van der Waals surface area contributed by atoms with Gasteiger partial charge in [-0.15, -0.1) is 0 Å². The van der Waals surface area contributed by atoms with E-state index in [4.69, 9.17) is 4.74 Å². The van der Waals surface area contributed by atoms with E-state index in [9.17, 15) is 15.0 Å². The van der Waals surface area contributed by atoms with Crippen molar-refractivity contribution in [3.63, 3.8) is 0 Å². The number of aromatic hydroxyl groups is 1. The zero-order chi connectivity index (χ0) is 16.6. The van der Waals surface area contributed by atoms with Crippen LogP contribution in [0.4, 0.5) is 0 Å². The molecule has 5 nitrogen and oxygen atoms in total. The molecule has 0 radical (unpaired) electrons. The summed E-state index contributed by atoms with van der Waals surface area (Å²) in [5, 5.41) is 21.8. The molecule has 24 heavy (non-hydrogen) atoms. The minimum atomic E-state index is -0.964. The zero-order valence-corrected chi connectivity index (χ0v) is 13.9. The Bertz CT molecular complexity index is 728. The minimum absolute atomic E-state index is 0.00899. The molecule has 0 spiro atoms. The predicted octanol–water partition coefficient (Wildman–Crippen LogP) is 1.60. The van der Waals surface area contributed by atoms with E-state index >= 15 is 0 Å². The van der Waals surface area contributed by atoms with Gasteiger partial charge in [-0.25, -0.2) is 0 Å². The van der Waals surface area contributed by atoms with Crippen molar-refractivity contribution in [1.82, 2.24) is 4.90 Å². The van der Waals surface area contributed by atoms with E-state index in [1.807, 2.05) is 6.07 Å². The molecule has 0 aromatic heterocycles. The maximum Gasteiger partial charge on any atom is 0.174 e. The van der Waals surface area contributed by atoms with Crippen molar-refractivity contribution >= 4 is 5.78 Å². The molecule has 1 heterocycles. The summed E-state index contributed by atoms with van der Waals surface area (Å²) in [4.78, 5) is 14.7. The number of Topliss-reactive ketones (excluding diaryl/α,β-unsaturated/α-hetero) is 1. The molecule has 2 fully saturated rings.